The van der Waals surface area contributed by atoms with Crippen molar-refractivity contribution in [3.63, 3.8) is 0 Å². The first kappa shape index (κ1) is 8.91. The molecule has 0 aromatic carbocycles. The van der Waals surface area contributed by atoms with E-state index >= 15 is 0 Å². The zero-order valence-corrected chi connectivity index (χ0v) is 8.95. The van der Waals surface area contributed by atoms with Crippen molar-refractivity contribution in [3.05, 3.63) is 22.2 Å². The van der Waals surface area contributed by atoms with Crippen LogP contribution >= 0.6 is 11.3 Å². The second-order valence-electron chi connectivity index (χ2n) is 3.66. The van der Waals surface area contributed by atoms with Gasteiger partial charge in [0.2, 0.25) is 0 Å². The van der Waals surface area contributed by atoms with Crippen LogP contribution < -0.4 is 0 Å². The van der Waals surface area contributed by atoms with E-state index in [0.717, 1.165) is 30.1 Å². The lowest BCUT2D eigenvalue weighted by Gasteiger charge is -2.20. The van der Waals surface area contributed by atoms with Crippen LogP contribution in [0.3, 0.4) is 0 Å². The van der Waals surface area contributed by atoms with E-state index in [-0.39, 0.29) is 0 Å². The highest BCUT2D eigenvalue weighted by Gasteiger charge is 2.17. The molecule has 2 heterocycles. The zero-order chi connectivity index (χ0) is 9.42. The van der Waals surface area contributed by atoms with Crippen LogP contribution in [0.4, 0.5) is 0 Å². The molecule has 0 amide bonds. The molecule has 0 atom stereocenters. The summed E-state index contributed by atoms with van der Waals surface area (Å²) in [6, 6.07) is 0. The van der Waals surface area contributed by atoms with Crippen LogP contribution in [0.2, 0.25) is 0 Å². The smallest absolute Gasteiger partial charge is 0.118 e. The van der Waals surface area contributed by atoms with Gasteiger partial charge in [0.05, 0.1) is 5.69 Å². The number of fused-ring (bicyclic) bond motifs is 1. The highest BCUT2D eigenvalue weighted by Crippen LogP contribution is 2.27. The normalized spacial score (nSPS) is 17.1. The summed E-state index contributed by atoms with van der Waals surface area (Å²) in [5.74, 6) is 0. The highest BCUT2D eigenvalue weighted by molar-refractivity contribution is 7.12. The molecule has 0 fully saturated rings. The van der Waals surface area contributed by atoms with E-state index in [1.807, 2.05) is 6.92 Å². The molecule has 13 heavy (non-hydrogen) atoms. The van der Waals surface area contributed by atoms with Crippen molar-refractivity contribution in [2.45, 2.75) is 19.9 Å². The summed E-state index contributed by atoms with van der Waals surface area (Å²) in [6.07, 6.45) is 1.09. The number of aromatic nitrogens is 1. The molecule has 0 N–H and O–H groups in total. The van der Waals surface area contributed by atoms with Gasteiger partial charge in [0, 0.05) is 24.4 Å². The number of rotatable bonds is 1. The number of hydrogen-bond acceptors (Lipinski definition) is 3. The van der Waals surface area contributed by atoms with Gasteiger partial charge in [-0.15, -0.1) is 11.3 Å². The standard InChI is InChI=1S/C10H14N2S/c1-7(2)10-11-8-4-5-12(3)6-9(8)13-10/h1,4-6H2,2-3H3. The highest BCUT2D eigenvalue weighted by atomic mass is 32.1. The van der Waals surface area contributed by atoms with E-state index in [1.165, 1.54) is 10.6 Å². The Morgan fingerprint density at radius 1 is 1.62 bits per heavy atom. The molecule has 1 aromatic rings. The van der Waals surface area contributed by atoms with Crippen LogP contribution in [0.1, 0.15) is 22.5 Å². The lowest BCUT2D eigenvalue weighted by molar-refractivity contribution is 0.314. The fourth-order valence-electron chi connectivity index (χ4n) is 1.51. The van der Waals surface area contributed by atoms with Crippen molar-refractivity contribution in [3.8, 4) is 0 Å². The number of thiazole rings is 1. The van der Waals surface area contributed by atoms with Crippen LogP contribution in [-0.4, -0.2) is 23.5 Å². The molecule has 0 aliphatic carbocycles. The lowest BCUT2D eigenvalue weighted by Crippen LogP contribution is -2.25. The molecule has 0 radical (unpaired) electrons. The molecule has 2 rings (SSSR count). The average Bonchev–Trinajstić information content (AvgIpc) is 2.46. The van der Waals surface area contributed by atoms with Gasteiger partial charge >= 0.3 is 0 Å². The van der Waals surface area contributed by atoms with Crippen molar-refractivity contribution in [1.29, 1.82) is 0 Å². The second-order valence-corrected chi connectivity index (χ2v) is 4.74. The lowest BCUT2D eigenvalue weighted by atomic mass is 10.2. The summed E-state index contributed by atoms with van der Waals surface area (Å²) >= 11 is 1.79. The van der Waals surface area contributed by atoms with Gasteiger partial charge in [-0.25, -0.2) is 4.98 Å². The summed E-state index contributed by atoms with van der Waals surface area (Å²) in [7, 11) is 2.16. The monoisotopic (exact) mass is 194 g/mol. The predicted molar refractivity (Wildman–Crippen MR) is 56.9 cm³/mol. The van der Waals surface area contributed by atoms with Gasteiger partial charge in [0.25, 0.3) is 0 Å². The Kier molecular flexibility index (Phi) is 2.22. The van der Waals surface area contributed by atoms with E-state index in [2.05, 4.69) is 23.5 Å². The summed E-state index contributed by atoms with van der Waals surface area (Å²) in [6.45, 7) is 8.13. The summed E-state index contributed by atoms with van der Waals surface area (Å²) in [5, 5.41) is 1.11. The van der Waals surface area contributed by atoms with Crippen LogP contribution in [0.25, 0.3) is 5.57 Å². The van der Waals surface area contributed by atoms with Crippen molar-refractivity contribution in [1.82, 2.24) is 9.88 Å². The van der Waals surface area contributed by atoms with Crippen LogP contribution in [0, 0.1) is 0 Å². The van der Waals surface area contributed by atoms with Crippen molar-refractivity contribution in [2.24, 2.45) is 0 Å². The Hall–Kier alpha value is -0.670. The topological polar surface area (TPSA) is 16.1 Å². The molecule has 0 saturated heterocycles. The van der Waals surface area contributed by atoms with Gasteiger partial charge < -0.3 is 4.90 Å². The van der Waals surface area contributed by atoms with Crippen molar-refractivity contribution >= 4 is 16.9 Å². The number of allylic oxidation sites excluding steroid dienone is 1. The summed E-state index contributed by atoms with van der Waals surface area (Å²) in [4.78, 5) is 8.34. The van der Waals surface area contributed by atoms with Crippen LogP contribution in [-0.2, 0) is 13.0 Å². The van der Waals surface area contributed by atoms with Gasteiger partial charge in [-0.3, -0.25) is 0 Å². The maximum atomic E-state index is 4.58. The molecule has 70 valence electrons. The third-order valence-electron chi connectivity index (χ3n) is 2.29. The van der Waals surface area contributed by atoms with E-state index in [0.29, 0.717) is 0 Å². The van der Waals surface area contributed by atoms with Gasteiger partial charge in [-0.2, -0.15) is 0 Å². The average molecular weight is 194 g/mol. The maximum Gasteiger partial charge on any atom is 0.118 e. The van der Waals surface area contributed by atoms with E-state index in [9.17, 15) is 0 Å². The Bertz CT molecular complexity index is 341. The van der Waals surface area contributed by atoms with Crippen molar-refractivity contribution in [2.75, 3.05) is 13.6 Å². The van der Waals surface area contributed by atoms with Gasteiger partial charge in [-0.05, 0) is 19.5 Å². The molecule has 2 nitrogen and oxygen atoms in total. The summed E-state index contributed by atoms with van der Waals surface area (Å²) in [5.41, 5.74) is 2.38. The van der Waals surface area contributed by atoms with Crippen molar-refractivity contribution < 1.29 is 0 Å². The Morgan fingerprint density at radius 3 is 3.08 bits per heavy atom. The predicted octanol–water partition coefficient (Wildman–Crippen LogP) is 2.16. The third-order valence-corrected chi connectivity index (χ3v) is 3.53. The SMILES string of the molecule is C=C(C)c1nc2c(s1)CN(C)CC2. The third kappa shape index (κ3) is 1.67. The molecule has 0 bridgehead atoms. The fraction of sp³-hybridized carbons (Fsp3) is 0.500. The minimum atomic E-state index is 1.06. The molecule has 0 unspecified atom stereocenters. The molecular formula is C10H14N2S. The molecule has 1 aliphatic rings. The van der Waals surface area contributed by atoms with E-state index < -0.39 is 0 Å². The fourth-order valence-corrected chi connectivity index (χ4v) is 2.62. The molecule has 1 aliphatic heterocycles. The van der Waals surface area contributed by atoms with Gasteiger partial charge in [-0.1, -0.05) is 6.58 Å². The van der Waals surface area contributed by atoms with Crippen LogP contribution in [0.15, 0.2) is 6.58 Å². The molecule has 1 aromatic heterocycles. The van der Waals surface area contributed by atoms with Crippen LogP contribution in [0.5, 0.6) is 0 Å². The maximum absolute atomic E-state index is 4.58. The molecule has 0 spiro atoms. The van der Waals surface area contributed by atoms with Gasteiger partial charge in [0.15, 0.2) is 0 Å². The first-order valence-corrected chi connectivity index (χ1v) is 5.31. The van der Waals surface area contributed by atoms with Gasteiger partial charge in [0.1, 0.15) is 5.01 Å². The number of nitrogens with zero attached hydrogens (tertiary/aromatic N) is 2. The van der Waals surface area contributed by atoms with E-state index in [4.69, 9.17) is 0 Å². The molecule has 0 saturated carbocycles. The number of hydrogen-bond donors (Lipinski definition) is 0. The second kappa shape index (κ2) is 3.24. The zero-order valence-electron chi connectivity index (χ0n) is 8.13. The largest absolute Gasteiger partial charge is 0.301 e. The Labute approximate surface area is 82.9 Å². The first-order chi connectivity index (χ1) is 6.16. The minimum absolute atomic E-state index is 1.06. The van der Waals surface area contributed by atoms with E-state index in [1.54, 1.807) is 11.3 Å². The molecule has 3 heteroatoms. The summed E-state index contributed by atoms with van der Waals surface area (Å²) < 4.78 is 0. The number of likely N-dealkylation sites (N-methyl/N-ethyl adjacent to an activating group) is 1. The Balaban J connectivity index is 2.33. The first-order valence-electron chi connectivity index (χ1n) is 4.50. The quantitative estimate of drug-likeness (QED) is 0.681. The minimum Gasteiger partial charge on any atom is -0.301 e. The molecular weight excluding hydrogens is 180 g/mol. The Morgan fingerprint density at radius 2 is 2.38 bits per heavy atom.